The summed E-state index contributed by atoms with van der Waals surface area (Å²) in [6, 6.07) is 4.81. The predicted molar refractivity (Wildman–Crippen MR) is 75.5 cm³/mol. The van der Waals surface area contributed by atoms with Crippen molar-refractivity contribution in [2.45, 2.75) is 13.5 Å². The van der Waals surface area contributed by atoms with Gasteiger partial charge in [-0.05, 0) is 25.1 Å². The van der Waals surface area contributed by atoms with Crippen LogP contribution in [0.2, 0.25) is 0 Å². The third kappa shape index (κ3) is 3.56. The number of halogens is 1. The lowest BCUT2D eigenvalue weighted by Crippen LogP contribution is -2.22. The Hall–Kier alpha value is -2.90. The number of carbonyl (C=O) groups excluding carboxylic acids is 2. The monoisotopic (exact) mass is 291 g/mol. The van der Waals surface area contributed by atoms with E-state index >= 15 is 0 Å². The van der Waals surface area contributed by atoms with Gasteiger partial charge in [0.2, 0.25) is 0 Å². The summed E-state index contributed by atoms with van der Waals surface area (Å²) >= 11 is 0. The van der Waals surface area contributed by atoms with Gasteiger partial charge in [-0.25, -0.2) is 9.18 Å². The summed E-state index contributed by atoms with van der Waals surface area (Å²) in [6.07, 6.45) is 1.49. The average molecular weight is 291 g/mol. The van der Waals surface area contributed by atoms with E-state index in [2.05, 4.69) is 15.7 Å². The highest BCUT2D eigenvalue weighted by molar-refractivity contribution is 6.05. The molecule has 0 bridgehead atoms. The summed E-state index contributed by atoms with van der Waals surface area (Å²) < 4.78 is 14.5. The highest BCUT2D eigenvalue weighted by Gasteiger charge is 2.16. The largest absolute Gasteiger partial charge is 0.364 e. The first kappa shape index (κ1) is 14.5. The van der Waals surface area contributed by atoms with Crippen LogP contribution >= 0.6 is 0 Å². The van der Waals surface area contributed by atoms with Crippen LogP contribution in [0.3, 0.4) is 0 Å². The summed E-state index contributed by atoms with van der Waals surface area (Å²) in [6.45, 7) is 2.35. The van der Waals surface area contributed by atoms with Crippen molar-refractivity contribution in [2.24, 2.45) is 5.73 Å². The Kier molecular flexibility index (Phi) is 4.17. The number of hydrogen-bond donors (Lipinski definition) is 3. The summed E-state index contributed by atoms with van der Waals surface area (Å²) in [7, 11) is 0. The number of primary amides is 1. The van der Waals surface area contributed by atoms with Crippen molar-refractivity contribution in [1.82, 2.24) is 9.78 Å². The zero-order chi connectivity index (χ0) is 15.4. The van der Waals surface area contributed by atoms with E-state index in [9.17, 15) is 14.0 Å². The molecule has 7 nitrogen and oxygen atoms in total. The molecule has 0 spiro atoms. The van der Waals surface area contributed by atoms with Gasteiger partial charge >= 0.3 is 6.03 Å². The van der Waals surface area contributed by atoms with Crippen molar-refractivity contribution in [1.29, 1.82) is 0 Å². The van der Waals surface area contributed by atoms with Crippen LogP contribution in [0.4, 0.5) is 20.6 Å². The van der Waals surface area contributed by atoms with Crippen molar-refractivity contribution in [3.8, 4) is 0 Å². The molecule has 4 N–H and O–H groups in total. The maximum absolute atomic E-state index is 13.0. The zero-order valence-electron chi connectivity index (χ0n) is 11.3. The number of aromatic nitrogens is 2. The lowest BCUT2D eigenvalue weighted by atomic mass is 10.3. The lowest BCUT2D eigenvalue weighted by Gasteiger charge is -2.06. The van der Waals surface area contributed by atoms with Gasteiger partial charge in [0.25, 0.3) is 5.91 Å². The van der Waals surface area contributed by atoms with E-state index in [1.165, 1.54) is 35.1 Å². The molecule has 0 saturated carbocycles. The van der Waals surface area contributed by atoms with E-state index in [1.54, 1.807) is 0 Å². The molecule has 0 aliphatic carbocycles. The molecule has 1 aromatic carbocycles. The van der Waals surface area contributed by atoms with E-state index in [0.717, 1.165) is 0 Å². The Labute approximate surface area is 119 Å². The van der Waals surface area contributed by atoms with E-state index in [4.69, 9.17) is 5.73 Å². The summed E-state index contributed by atoms with van der Waals surface area (Å²) in [5.41, 5.74) is 5.64. The molecule has 1 aromatic heterocycles. The SMILES string of the molecule is CCn1cc(NC(=O)Nc2cccc(F)c2)c(C(N)=O)n1. The van der Waals surface area contributed by atoms with E-state index in [0.29, 0.717) is 6.54 Å². The van der Waals surface area contributed by atoms with Crippen molar-refractivity contribution < 1.29 is 14.0 Å². The lowest BCUT2D eigenvalue weighted by molar-refractivity contribution is 0.0995. The van der Waals surface area contributed by atoms with Crippen LogP contribution < -0.4 is 16.4 Å². The molecule has 0 atom stereocenters. The summed E-state index contributed by atoms with van der Waals surface area (Å²) in [4.78, 5) is 23.1. The number of nitrogens with one attached hydrogen (secondary N) is 2. The van der Waals surface area contributed by atoms with Gasteiger partial charge in [-0.2, -0.15) is 5.10 Å². The minimum absolute atomic E-state index is 0.0359. The van der Waals surface area contributed by atoms with Crippen LogP contribution in [0.1, 0.15) is 17.4 Å². The Morgan fingerprint density at radius 2 is 2.14 bits per heavy atom. The Balaban J connectivity index is 2.12. The molecule has 110 valence electrons. The summed E-state index contributed by atoms with van der Waals surface area (Å²) in [5, 5.41) is 8.85. The fourth-order valence-corrected chi connectivity index (χ4v) is 1.71. The number of anilines is 2. The third-order valence-corrected chi connectivity index (χ3v) is 2.65. The fourth-order valence-electron chi connectivity index (χ4n) is 1.71. The third-order valence-electron chi connectivity index (χ3n) is 2.65. The van der Waals surface area contributed by atoms with Crippen LogP contribution in [0.25, 0.3) is 0 Å². The molecule has 0 aliphatic rings. The summed E-state index contributed by atoms with van der Waals surface area (Å²) in [5.74, 6) is -1.22. The zero-order valence-corrected chi connectivity index (χ0v) is 11.3. The molecule has 0 unspecified atom stereocenters. The molecule has 2 aromatic rings. The second-order valence-corrected chi connectivity index (χ2v) is 4.20. The number of rotatable bonds is 4. The number of hydrogen-bond acceptors (Lipinski definition) is 3. The molecule has 0 saturated heterocycles. The van der Waals surface area contributed by atoms with Gasteiger partial charge in [0.1, 0.15) is 5.82 Å². The first-order valence-electron chi connectivity index (χ1n) is 6.20. The van der Waals surface area contributed by atoms with Crippen LogP contribution in [-0.2, 0) is 6.54 Å². The number of carbonyl (C=O) groups is 2. The minimum Gasteiger partial charge on any atom is -0.364 e. The number of benzene rings is 1. The van der Waals surface area contributed by atoms with Gasteiger partial charge in [-0.1, -0.05) is 6.07 Å². The van der Waals surface area contributed by atoms with Gasteiger partial charge in [0.05, 0.1) is 5.69 Å². The maximum Gasteiger partial charge on any atom is 0.323 e. The van der Waals surface area contributed by atoms with E-state index in [1.807, 2.05) is 6.92 Å². The minimum atomic E-state index is -0.747. The fraction of sp³-hybridized carbons (Fsp3) is 0.154. The number of nitrogens with two attached hydrogens (primary N) is 1. The first-order chi connectivity index (χ1) is 9.99. The highest BCUT2D eigenvalue weighted by atomic mass is 19.1. The average Bonchev–Trinajstić information content (AvgIpc) is 2.81. The van der Waals surface area contributed by atoms with Crippen molar-refractivity contribution in [3.63, 3.8) is 0 Å². The Morgan fingerprint density at radius 1 is 1.38 bits per heavy atom. The molecule has 21 heavy (non-hydrogen) atoms. The molecule has 3 amide bonds. The number of aryl methyl sites for hydroxylation is 1. The quantitative estimate of drug-likeness (QED) is 0.800. The molecular formula is C13H14FN5O2. The van der Waals surface area contributed by atoms with Crippen LogP contribution in [-0.4, -0.2) is 21.7 Å². The predicted octanol–water partition coefficient (Wildman–Crippen LogP) is 1.78. The molecular weight excluding hydrogens is 277 g/mol. The van der Waals surface area contributed by atoms with Gasteiger partial charge < -0.3 is 16.4 Å². The van der Waals surface area contributed by atoms with Gasteiger partial charge in [-0.3, -0.25) is 9.48 Å². The number of nitrogens with zero attached hydrogens (tertiary/aromatic N) is 2. The van der Waals surface area contributed by atoms with Crippen molar-refractivity contribution in [2.75, 3.05) is 10.6 Å². The molecule has 1 heterocycles. The first-order valence-corrected chi connectivity index (χ1v) is 6.20. The van der Waals surface area contributed by atoms with Gasteiger partial charge in [-0.15, -0.1) is 0 Å². The highest BCUT2D eigenvalue weighted by Crippen LogP contribution is 2.15. The topological polar surface area (TPSA) is 102 Å². The normalized spacial score (nSPS) is 10.2. The molecule has 0 aliphatic heterocycles. The van der Waals surface area contributed by atoms with E-state index in [-0.39, 0.29) is 17.1 Å². The van der Waals surface area contributed by atoms with Crippen molar-refractivity contribution >= 4 is 23.3 Å². The van der Waals surface area contributed by atoms with Gasteiger partial charge in [0.15, 0.2) is 5.69 Å². The number of urea groups is 1. The molecule has 0 radical (unpaired) electrons. The van der Waals surface area contributed by atoms with Crippen molar-refractivity contribution in [3.05, 3.63) is 42.0 Å². The molecule has 8 heteroatoms. The van der Waals surface area contributed by atoms with Crippen LogP contribution in [0.15, 0.2) is 30.5 Å². The van der Waals surface area contributed by atoms with Crippen LogP contribution in [0.5, 0.6) is 0 Å². The van der Waals surface area contributed by atoms with E-state index < -0.39 is 17.8 Å². The smallest absolute Gasteiger partial charge is 0.323 e. The van der Waals surface area contributed by atoms with Crippen LogP contribution in [0, 0.1) is 5.82 Å². The number of amides is 3. The standard InChI is InChI=1S/C13H14FN5O2/c1-2-19-7-10(11(18-19)12(15)20)17-13(21)16-9-5-3-4-8(14)6-9/h3-7H,2H2,1H3,(H2,15,20)(H2,16,17,21). The second-order valence-electron chi connectivity index (χ2n) is 4.20. The molecule has 0 fully saturated rings. The Morgan fingerprint density at radius 3 is 2.76 bits per heavy atom. The second kappa shape index (κ2) is 6.04. The molecule has 2 rings (SSSR count). The van der Waals surface area contributed by atoms with Gasteiger partial charge in [0, 0.05) is 18.4 Å². The Bertz CT molecular complexity index is 683. The maximum atomic E-state index is 13.0.